The molecule has 210 valence electrons. The van der Waals surface area contributed by atoms with Crippen molar-refractivity contribution >= 4 is 27.1 Å². The highest BCUT2D eigenvalue weighted by atomic mass is 32.2. The number of imidazole rings is 1. The van der Waals surface area contributed by atoms with E-state index in [0.29, 0.717) is 46.8 Å². The number of methoxy groups -OCH3 is 2. The summed E-state index contributed by atoms with van der Waals surface area (Å²) in [7, 11) is -0.744. The third kappa shape index (κ3) is 7.03. The van der Waals surface area contributed by atoms with Crippen LogP contribution in [0.3, 0.4) is 0 Å². The minimum absolute atomic E-state index is 0.0575. The molecule has 9 nitrogen and oxygen atoms in total. The van der Waals surface area contributed by atoms with E-state index in [1.54, 1.807) is 30.7 Å². The molecule has 0 aliphatic rings. The second-order valence-corrected chi connectivity index (χ2v) is 10.7. The highest BCUT2D eigenvalue weighted by Crippen LogP contribution is 2.34. The number of aromatic nitrogens is 2. The molecule has 0 saturated carbocycles. The summed E-state index contributed by atoms with van der Waals surface area (Å²) >= 11 is 0. The zero-order valence-electron chi connectivity index (χ0n) is 22.8. The number of nitrogens with two attached hydrogens (primary N) is 1. The Morgan fingerprint density at radius 3 is 2.39 bits per heavy atom. The number of para-hydroxylation sites is 1. The van der Waals surface area contributed by atoms with Gasteiger partial charge in [0.25, 0.3) is 0 Å². The van der Waals surface area contributed by atoms with Gasteiger partial charge >= 0.3 is 0 Å². The van der Waals surface area contributed by atoms with Gasteiger partial charge in [-0.1, -0.05) is 30.6 Å². The highest BCUT2D eigenvalue weighted by molar-refractivity contribution is 7.89. The van der Waals surface area contributed by atoms with E-state index in [9.17, 15) is 13.2 Å². The number of hydrogen-bond donors (Lipinski definition) is 2. The molecular weight excluding hydrogens is 540 g/mol. The summed E-state index contributed by atoms with van der Waals surface area (Å²) in [6.45, 7) is 4.91. The van der Waals surface area contributed by atoms with E-state index in [2.05, 4.69) is 28.1 Å². The Morgan fingerprint density at radius 1 is 1.02 bits per heavy atom. The van der Waals surface area contributed by atoms with E-state index in [4.69, 9.17) is 15.2 Å². The minimum atomic E-state index is -3.74. The number of nitrogens with one attached hydrogen (secondary N) is 1. The first kappa shape index (κ1) is 29.1. The molecule has 0 fully saturated rings. The Kier molecular flexibility index (Phi) is 9.24. The van der Waals surface area contributed by atoms with Crippen LogP contribution in [-0.2, 0) is 16.6 Å². The van der Waals surface area contributed by atoms with E-state index in [1.165, 1.54) is 38.5 Å². The molecule has 0 radical (unpaired) electrons. The van der Waals surface area contributed by atoms with E-state index >= 15 is 0 Å². The first-order valence-electron chi connectivity index (χ1n) is 12.7. The van der Waals surface area contributed by atoms with Gasteiger partial charge in [0.05, 0.1) is 31.0 Å². The molecule has 0 saturated heterocycles. The second kappa shape index (κ2) is 13.0. The molecule has 0 atom stereocenters. The first-order valence-corrected chi connectivity index (χ1v) is 14.1. The molecule has 4 rings (SSSR count). The molecule has 1 aromatic heterocycles. The molecule has 0 unspecified atom stereocenters. The number of allylic oxidation sites excluding steroid dienone is 1. The second-order valence-electron chi connectivity index (χ2n) is 8.97. The van der Waals surface area contributed by atoms with Crippen LogP contribution in [0.5, 0.6) is 11.5 Å². The zero-order valence-corrected chi connectivity index (χ0v) is 23.6. The van der Waals surface area contributed by atoms with Gasteiger partial charge in [0.15, 0.2) is 5.78 Å². The summed E-state index contributed by atoms with van der Waals surface area (Å²) in [5, 5.41) is 0. The molecule has 0 aliphatic heterocycles. The Balaban J connectivity index is 1.52. The van der Waals surface area contributed by atoms with E-state index in [0.717, 1.165) is 0 Å². The predicted molar refractivity (Wildman–Crippen MR) is 158 cm³/mol. The maximum absolute atomic E-state index is 13.4. The van der Waals surface area contributed by atoms with Crippen molar-refractivity contribution in [2.75, 3.05) is 26.5 Å². The number of nitrogens with zero attached hydrogens (tertiary/aromatic N) is 2. The number of carbonyl (C=O) groups excluding carboxylic acids is 1. The summed E-state index contributed by atoms with van der Waals surface area (Å²) in [5.74, 6) is 6.54. The van der Waals surface area contributed by atoms with E-state index < -0.39 is 15.8 Å². The molecule has 0 aliphatic carbocycles. The van der Waals surface area contributed by atoms with Crippen LogP contribution >= 0.6 is 0 Å². The number of hydrogen-bond acceptors (Lipinski definition) is 7. The SMILES string of the molecule is C=C(C(=O)c1ccc(S(=O)(=O)NCCCn2ccnc2)cc1)c1cc(C#Cc2ccccc2N)c(OC)cc1OC. The third-order valence-corrected chi connectivity index (χ3v) is 7.76. The Labute approximate surface area is 239 Å². The van der Waals surface area contributed by atoms with Gasteiger partial charge in [0.1, 0.15) is 11.5 Å². The van der Waals surface area contributed by atoms with Crippen LogP contribution < -0.4 is 19.9 Å². The van der Waals surface area contributed by atoms with Crippen molar-refractivity contribution in [3.8, 4) is 23.3 Å². The third-order valence-electron chi connectivity index (χ3n) is 6.28. The lowest BCUT2D eigenvalue weighted by Gasteiger charge is -2.14. The Morgan fingerprint density at radius 2 is 1.73 bits per heavy atom. The van der Waals surface area contributed by atoms with Crippen LogP contribution in [0.1, 0.15) is 33.5 Å². The molecule has 4 aromatic rings. The van der Waals surface area contributed by atoms with Gasteiger partial charge < -0.3 is 19.8 Å². The first-order chi connectivity index (χ1) is 19.7. The fourth-order valence-corrected chi connectivity index (χ4v) is 5.10. The van der Waals surface area contributed by atoms with Crippen molar-refractivity contribution < 1.29 is 22.7 Å². The average Bonchev–Trinajstić information content (AvgIpc) is 3.51. The number of sulfonamides is 1. The number of Topliss-reactive ketones (excluding diaryl/α,β-unsaturated/α-hetero) is 1. The number of rotatable bonds is 11. The van der Waals surface area contributed by atoms with Crippen molar-refractivity contribution in [3.63, 3.8) is 0 Å². The summed E-state index contributed by atoms with van der Waals surface area (Å²) in [6, 6.07) is 16.3. The molecule has 3 aromatic carbocycles. The van der Waals surface area contributed by atoms with Gasteiger partial charge in [0.2, 0.25) is 10.0 Å². The summed E-state index contributed by atoms with van der Waals surface area (Å²) < 4.78 is 40.9. The lowest BCUT2D eigenvalue weighted by atomic mass is 9.95. The lowest BCUT2D eigenvalue weighted by Crippen LogP contribution is -2.25. The predicted octanol–water partition coefficient (Wildman–Crippen LogP) is 4.15. The highest BCUT2D eigenvalue weighted by Gasteiger charge is 2.20. The van der Waals surface area contributed by atoms with Crippen LogP contribution in [0.4, 0.5) is 5.69 Å². The smallest absolute Gasteiger partial charge is 0.240 e. The molecule has 0 amide bonds. The number of nitrogen functional groups attached to an aromatic ring is 1. The Bertz CT molecular complexity index is 1720. The minimum Gasteiger partial charge on any atom is -0.496 e. The standard InChI is InChI=1S/C31H30N4O5S/c1-22(27-19-25(29(39-2)20-30(27)40-3)10-9-23-7-4-5-8-28(23)32)31(36)24-11-13-26(14-12-24)41(37,38)34-15-6-17-35-18-16-33-21-35/h4-5,7-8,11-14,16,18-21,34H,1,6,15,17,32H2,2-3H3. The molecule has 10 heteroatoms. The topological polar surface area (TPSA) is 126 Å². The molecule has 1 heterocycles. The van der Waals surface area contributed by atoms with Gasteiger partial charge in [0, 0.05) is 59.5 Å². The molecule has 0 bridgehead atoms. The number of ether oxygens (including phenoxy) is 2. The quantitative estimate of drug-likeness (QED) is 0.0912. The van der Waals surface area contributed by atoms with E-state index in [-0.39, 0.29) is 22.6 Å². The molecular formula is C31H30N4O5S. The van der Waals surface area contributed by atoms with Crippen molar-refractivity contribution in [2.24, 2.45) is 0 Å². The van der Waals surface area contributed by atoms with Crippen molar-refractivity contribution in [2.45, 2.75) is 17.9 Å². The van der Waals surface area contributed by atoms with Gasteiger partial charge in [-0.2, -0.15) is 0 Å². The average molecular weight is 571 g/mol. The van der Waals surface area contributed by atoms with Gasteiger partial charge in [-0.25, -0.2) is 18.1 Å². The summed E-state index contributed by atoms with van der Waals surface area (Å²) in [5.41, 5.74) is 8.59. The van der Waals surface area contributed by atoms with Crippen LogP contribution in [0.25, 0.3) is 5.57 Å². The van der Waals surface area contributed by atoms with Gasteiger partial charge in [-0.15, -0.1) is 0 Å². The molecule has 41 heavy (non-hydrogen) atoms. The van der Waals surface area contributed by atoms with Crippen molar-refractivity contribution in [3.05, 3.63) is 108 Å². The molecule has 0 spiro atoms. The lowest BCUT2D eigenvalue weighted by molar-refractivity contribution is 0.105. The van der Waals surface area contributed by atoms with Crippen molar-refractivity contribution in [1.29, 1.82) is 0 Å². The van der Waals surface area contributed by atoms with Crippen LogP contribution in [-0.4, -0.2) is 44.5 Å². The van der Waals surface area contributed by atoms with E-state index in [1.807, 2.05) is 29.0 Å². The monoisotopic (exact) mass is 570 g/mol. The fourth-order valence-electron chi connectivity index (χ4n) is 4.03. The van der Waals surface area contributed by atoms with Gasteiger partial charge in [-0.05, 0) is 48.9 Å². The number of benzene rings is 3. The maximum Gasteiger partial charge on any atom is 0.240 e. The molecule has 3 N–H and O–H groups in total. The summed E-state index contributed by atoms with van der Waals surface area (Å²) in [4.78, 5) is 17.4. The Hall–Kier alpha value is -4.85. The number of aryl methyl sites for hydroxylation is 1. The number of anilines is 1. The van der Waals surface area contributed by atoms with Gasteiger partial charge in [-0.3, -0.25) is 4.79 Å². The largest absolute Gasteiger partial charge is 0.496 e. The van der Waals surface area contributed by atoms with Crippen LogP contribution in [0.15, 0.2) is 90.9 Å². The normalized spacial score (nSPS) is 10.9. The zero-order chi connectivity index (χ0) is 29.4. The van der Waals surface area contributed by atoms with Crippen LogP contribution in [0.2, 0.25) is 0 Å². The maximum atomic E-state index is 13.4. The number of ketones is 1. The summed E-state index contributed by atoms with van der Waals surface area (Å²) in [6.07, 6.45) is 5.76. The van der Waals surface area contributed by atoms with Crippen LogP contribution in [0, 0.1) is 11.8 Å². The number of carbonyl (C=O) groups is 1. The van der Waals surface area contributed by atoms with Crippen molar-refractivity contribution in [1.82, 2.24) is 14.3 Å². The fraction of sp³-hybridized carbons (Fsp3) is 0.161.